The van der Waals surface area contributed by atoms with E-state index < -0.39 is 0 Å². The SMILES string of the molecule is CC1=CC(C)C(c2ccc3ccccc3c2CNC(C)(C)C)=C1C. The van der Waals surface area contributed by atoms with Gasteiger partial charge >= 0.3 is 0 Å². The zero-order valence-electron chi connectivity index (χ0n) is 15.8. The minimum absolute atomic E-state index is 0.104. The van der Waals surface area contributed by atoms with Crippen molar-refractivity contribution >= 4 is 16.3 Å². The maximum absolute atomic E-state index is 3.70. The van der Waals surface area contributed by atoms with Crippen LogP contribution in [0, 0.1) is 5.92 Å². The summed E-state index contributed by atoms with van der Waals surface area (Å²) in [6.45, 7) is 14.4. The number of hydrogen-bond donors (Lipinski definition) is 1. The molecule has 1 aliphatic carbocycles. The van der Waals surface area contributed by atoms with Gasteiger partial charge in [0.1, 0.15) is 0 Å². The molecule has 126 valence electrons. The largest absolute Gasteiger partial charge is 0.308 e. The lowest BCUT2D eigenvalue weighted by molar-refractivity contribution is 0.425. The Bertz CT molecular complexity index is 831. The molecule has 0 spiro atoms. The van der Waals surface area contributed by atoms with Crippen LogP contribution in [0.1, 0.15) is 52.7 Å². The minimum Gasteiger partial charge on any atom is -0.308 e. The molecule has 2 aromatic carbocycles. The second-order valence-electron chi connectivity index (χ2n) is 8.09. The van der Waals surface area contributed by atoms with Crippen LogP contribution in [0.3, 0.4) is 0 Å². The zero-order valence-corrected chi connectivity index (χ0v) is 15.8. The number of benzene rings is 2. The maximum atomic E-state index is 3.70. The molecule has 1 N–H and O–H groups in total. The van der Waals surface area contributed by atoms with Crippen LogP contribution in [0.2, 0.25) is 0 Å². The fourth-order valence-corrected chi connectivity index (χ4v) is 3.72. The van der Waals surface area contributed by atoms with E-state index in [-0.39, 0.29) is 5.54 Å². The molecular weight excluding hydrogens is 290 g/mol. The number of hydrogen-bond acceptors (Lipinski definition) is 1. The topological polar surface area (TPSA) is 12.0 Å². The van der Waals surface area contributed by atoms with Crippen LogP contribution in [-0.4, -0.2) is 5.54 Å². The van der Waals surface area contributed by atoms with Crippen molar-refractivity contribution in [1.82, 2.24) is 5.32 Å². The first kappa shape index (κ1) is 17.0. The summed E-state index contributed by atoms with van der Waals surface area (Å²) in [6.07, 6.45) is 2.39. The van der Waals surface area contributed by atoms with Gasteiger partial charge in [0.05, 0.1) is 0 Å². The predicted molar refractivity (Wildman–Crippen MR) is 106 cm³/mol. The van der Waals surface area contributed by atoms with Gasteiger partial charge in [-0.05, 0) is 67.7 Å². The third kappa shape index (κ3) is 3.18. The number of nitrogens with one attached hydrogen (secondary N) is 1. The third-order valence-electron chi connectivity index (χ3n) is 5.08. The monoisotopic (exact) mass is 319 g/mol. The summed E-state index contributed by atoms with van der Waals surface area (Å²) in [6, 6.07) is 13.3. The average Bonchev–Trinajstić information content (AvgIpc) is 2.77. The Hall–Kier alpha value is -1.86. The smallest absolute Gasteiger partial charge is 0.0222 e. The molecule has 24 heavy (non-hydrogen) atoms. The Balaban J connectivity index is 2.18. The quantitative estimate of drug-likeness (QED) is 0.721. The Morgan fingerprint density at radius 2 is 1.71 bits per heavy atom. The maximum Gasteiger partial charge on any atom is 0.0222 e. The lowest BCUT2D eigenvalue weighted by Gasteiger charge is -2.24. The first-order valence-electron chi connectivity index (χ1n) is 8.93. The number of fused-ring (bicyclic) bond motifs is 1. The molecule has 0 aliphatic heterocycles. The first-order valence-corrected chi connectivity index (χ1v) is 8.93. The van der Waals surface area contributed by atoms with E-state index in [2.05, 4.69) is 89.3 Å². The molecule has 1 nitrogen and oxygen atoms in total. The summed E-state index contributed by atoms with van der Waals surface area (Å²) < 4.78 is 0. The number of allylic oxidation sites excluding steroid dienone is 4. The van der Waals surface area contributed by atoms with E-state index in [9.17, 15) is 0 Å². The molecule has 0 saturated carbocycles. The molecule has 0 fully saturated rings. The highest BCUT2D eigenvalue weighted by Gasteiger charge is 2.23. The Labute approximate surface area is 146 Å². The molecule has 0 saturated heterocycles. The summed E-state index contributed by atoms with van der Waals surface area (Å²) >= 11 is 0. The van der Waals surface area contributed by atoms with E-state index >= 15 is 0 Å². The van der Waals surface area contributed by atoms with Crippen molar-refractivity contribution in [3.63, 3.8) is 0 Å². The summed E-state index contributed by atoms with van der Waals surface area (Å²) in [5.74, 6) is 0.486. The predicted octanol–water partition coefficient (Wildman–Crippen LogP) is 6.10. The average molecular weight is 319 g/mol. The molecule has 0 heterocycles. The van der Waals surface area contributed by atoms with Gasteiger partial charge in [-0.25, -0.2) is 0 Å². The zero-order chi connectivity index (χ0) is 17.5. The van der Waals surface area contributed by atoms with Crippen molar-refractivity contribution in [1.29, 1.82) is 0 Å². The molecule has 1 heteroatoms. The van der Waals surface area contributed by atoms with E-state index in [1.807, 2.05) is 0 Å². The van der Waals surface area contributed by atoms with Gasteiger partial charge in [0.25, 0.3) is 0 Å². The van der Waals surface area contributed by atoms with Crippen LogP contribution >= 0.6 is 0 Å². The third-order valence-corrected chi connectivity index (χ3v) is 5.08. The van der Waals surface area contributed by atoms with Crippen LogP contribution in [-0.2, 0) is 6.54 Å². The molecule has 0 amide bonds. The highest BCUT2D eigenvalue weighted by Crippen LogP contribution is 2.40. The molecule has 1 aliphatic rings. The highest BCUT2D eigenvalue weighted by atomic mass is 14.9. The highest BCUT2D eigenvalue weighted by molar-refractivity contribution is 5.92. The number of rotatable bonds is 3. The molecule has 1 unspecified atom stereocenters. The van der Waals surface area contributed by atoms with Crippen molar-refractivity contribution in [2.45, 2.75) is 53.6 Å². The summed E-state index contributed by atoms with van der Waals surface area (Å²) in [5, 5.41) is 6.38. The van der Waals surface area contributed by atoms with Crippen molar-refractivity contribution in [3.05, 3.63) is 64.7 Å². The summed E-state index contributed by atoms with van der Waals surface area (Å²) in [4.78, 5) is 0. The van der Waals surface area contributed by atoms with Crippen LogP contribution in [0.25, 0.3) is 16.3 Å². The molecule has 0 bridgehead atoms. The summed E-state index contributed by atoms with van der Waals surface area (Å²) in [7, 11) is 0. The van der Waals surface area contributed by atoms with E-state index in [1.54, 1.807) is 0 Å². The van der Waals surface area contributed by atoms with Crippen LogP contribution in [0.15, 0.2) is 53.6 Å². The molecule has 0 aromatic heterocycles. The van der Waals surface area contributed by atoms with Gasteiger partial charge in [0.2, 0.25) is 0 Å². The van der Waals surface area contributed by atoms with E-state index in [4.69, 9.17) is 0 Å². The van der Waals surface area contributed by atoms with Gasteiger partial charge in [-0.2, -0.15) is 0 Å². The molecular formula is C23H29N. The lowest BCUT2D eigenvalue weighted by Crippen LogP contribution is -2.35. The standard InChI is InChI=1S/C23H29N/c1-15-13-16(2)22(17(15)3)20-12-11-18-9-7-8-10-19(18)21(20)14-24-23(4,5)6/h7-13,16,24H,14H2,1-6H3. The molecule has 3 rings (SSSR count). The van der Waals surface area contributed by atoms with E-state index in [0.717, 1.165) is 6.54 Å². The van der Waals surface area contributed by atoms with Crippen molar-refractivity contribution < 1.29 is 0 Å². The van der Waals surface area contributed by atoms with Gasteiger partial charge in [0, 0.05) is 18.0 Å². The molecule has 2 aromatic rings. The fourth-order valence-electron chi connectivity index (χ4n) is 3.72. The van der Waals surface area contributed by atoms with Gasteiger partial charge in [-0.1, -0.05) is 55.0 Å². The lowest BCUT2D eigenvalue weighted by atomic mass is 9.87. The van der Waals surface area contributed by atoms with E-state index in [0.29, 0.717) is 5.92 Å². The second kappa shape index (κ2) is 6.22. The van der Waals surface area contributed by atoms with Gasteiger partial charge < -0.3 is 5.32 Å². The van der Waals surface area contributed by atoms with Gasteiger partial charge in [-0.15, -0.1) is 0 Å². The fraction of sp³-hybridized carbons (Fsp3) is 0.391. The summed E-state index contributed by atoms with van der Waals surface area (Å²) in [5.41, 5.74) is 7.28. The van der Waals surface area contributed by atoms with Crippen LogP contribution < -0.4 is 5.32 Å². The molecule has 0 radical (unpaired) electrons. The van der Waals surface area contributed by atoms with Crippen molar-refractivity contribution in [3.8, 4) is 0 Å². The van der Waals surface area contributed by atoms with Crippen LogP contribution in [0.5, 0.6) is 0 Å². The van der Waals surface area contributed by atoms with Gasteiger partial charge in [-0.3, -0.25) is 0 Å². The molecule has 1 atom stereocenters. The normalized spacial score (nSPS) is 18.4. The first-order chi connectivity index (χ1) is 11.3. The minimum atomic E-state index is 0.104. The van der Waals surface area contributed by atoms with Crippen molar-refractivity contribution in [2.24, 2.45) is 5.92 Å². The Morgan fingerprint density at radius 1 is 1.00 bits per heavy atom. The van der Waals surface area contributed by atoms with Crippen LogP contribution in [0.4, 0.5) is 0 Å². The van der Waals surface area contributed by atoms with Gasteiger partial charge in [0.15, 0.2) is 0 Å². The van der Waals surface area contributed by atoms with Crippen molar-refractivity contribution in [2.75, 3.05) is 0 Å². The van der Waals surface area contributed by atoms with E-state index in [1.165, 1.54) is 38.6 Å². The second-order valence-corrected chi connectivity index (χ2v) is 8.09. The Kier molecular flexibility index (Phi) is 4.40. The Morgan fingerprint density at radius 3 is 2.33 bits per heavy atom.